The predicted octanol–water partition coefficient (Wildman–Crippen LogP) is 2.61. The molecule has 1 aliphatic rings. The number of hydrogen-bond donors (Lipinski definition) is 2. The fourth-order valence-electron chi connectivity index (χ4n) is 2.64. The van der Waals surface area contributed by atoms with Crippen molar-refractivity contribution in [3.63, 3.8) is 0 Å². The number of hydrogen-bond acceptors (Lipinski definition) is 3. The topological polar surface area (TPSA) is 68.0 Å². The molecule has 1 aromatic heterocycles. The van der Waals surface area contributed by atoms with Gasteiger partial charge in [0, 0.05) is 6.54 Å². The molecular formula is C15H23N3O. The number of aromatic nitrogens is 1. The van der Waals surface area contributed by atoms with Gasteiger partial charge in [-0.05, 0) is 30.4 Å². The van der Waals surface area contributed by atoms with Gasteiger partial charge >= 0.3 is 0 Å². The van der Waals surface area contributed by atoms with Crippen molar-refractivity contribution in [3.8, 4) is 0 Å². The highest BCUT2D eigenvalue weighted by molar-refractivity contribution is 5.92. The molecule has 4 heteroatoms. The van der Waals surface area contributed by atoms with E-state index in [0.717, 1.165) is 24.8 Å². The molecule has 0 bridgehead atoms. The zero-order valence-electron chi connectivity index (χ0n) is 11.6. The van der Waals surface area contributed by atoms with Crippen LogP contribution in [0.15, 0.2) is 18.3 Å². The van der Waals surface area contributed by atoms with E-state index in [-0.39, 0.29) is 5.91 Å². The molecule has 104 valence electrons. The van der Waals surface area contributed by atoms with E-state index < -0.39 is 0 Å². The van der Waals surface area contributed by atoms with E-state index in [0.29, 0.717) is 11.4 Å². The quantitative estimate of drug-likeness (QED) is 0.875. The third-order valence-electron chi connectivity index (χ3n) is 3.99. The lowest BCUT2D eigenvalue weighted by molar-refractivity contribution is 0.0945. The number of rotatable bonds is 4. The Kier molecular flexibility index (Phi) is 4.77. The Bertz CT molecular complexity index is 408. The first-order valence-corrected chi connectivity index (χ1v) is 7.15. The van der Waals surface area contributed by atoms with Crippen molar-refractivity contribution < 1.29 is 4.79 Å². The molecule has 0 aliphatic heterocycles. The lowest BCUT2D eigenvalue weighted by Crippen LogP contribution is -2.27. The molecule has 19 heavy (non-hydrogen) atoms. The van der Waals surface area contributed by atoms with E-state index in [9.17, 15) is 4.79 Å². The van der Waals surface area contributed by atoms with Crippen LogP contribution in [0.2, 0.25) is 0 Å². The number of anilines is 1. The summed E-state index contributed by atoms with van der Waals surface area (Å²) in [6.07, 6.45) is 7.86. The summed E-state index contributed by atoms with van der Waals surface area (Å²) in [4.78, 5) is 15.9. The molecule has 3 N–H and O–H groups in total. The molecule has 1 saturated carbocycles. The first-order chi connectivity index (χ1) is 9.15. The SMILES string of the molecule is CC1CCC(CCNC(=O)c2ccc(N)cn2)CC1. The van der Waals surface area contributed by atoms with Gasteiger partial charge in [0.2, 0.25) is 0 Å². The average Bonchev–Trinajstić information content (AvgIpc) is 2.41. The molecule has 0 atom stereocenters. The van der Waals surface area contributed by atoms with E-state index in [1.54, 1.807) is 12.1 Å². The lowest BCUT2D eigenvalue weighted by Gasteiger charge is -2.26. The molecule has 0 unspecified atom stereocenters. The summed E-state index contributed by atoms with van der Waals surface area (Å²) in [5.74, 6) is 1.55. The van der Waals surface area contributed by atoms with Gasteiger partial charge in [-0.2, -0.15) is 0 Å². The lowest BCUT2D eigenvalue weighted by atomic mass is 9.81. The van der Waals surface area contributed by atoms with Crippen molar-refractivity contribution in [1.82, 2.24) is 10.3 Å². The van der Waals surface area contributed by atoms with Crippen LogP contribution in [0.25, 0.3) is 0 Å². The molecule has 4 nitrogen and oxygen atoms in total. The highest BCUT2D eigenvalue weighted by Crippen LogP contribution is 2.29. The third kappa shape index (κ3) is 4.23. The van der Waals surface area contributed by atoms with E-state index in [2.05, 4.69) is 17.2 Å². The summed E-state index contributed by atoms with van der Waals surface area (Å²) >= 11 is 0. The molecule has 1 aromatic rings. The summed E-state index contributed by atoms with van der Waals surface area (Å²) in [6, 6.07) is 3.36. The average molecular weight is 261 g/mol. The summed E-state index contributed by atoms with van der Waals surface area (Å²) in [6.45, 7) is 3.06. The predicted molar refractivity (Wildman–Crippen MR) is 76.7 cm³/mol. The van der Waals surface area contributed by atoms with Crippen LogP contribution < -0.4 is 11.1 Å². The van der Waals surface area contributed by atoms with Gasteiger partial charge in [-0.3, -0.25) is 4.79 Å². The largest absolute Gasteiger partial charge is 0.397 e. The number of pyridine rings is 1. The van der Waals surface area contributed by atoms with Gasteiger partial charge in [-0.25, -0.2) is 4.98 Å². The maximum Gasteiger partial charge on any atom is 0.269 e. The molecule has 0 aromatic carbocycles. The molecule has 1 amide bonds. The van der Waals surface area contributed by atoms with Gasteiger partial charge in [-0.15, -0.1) is 0 Å². The maximum atomic E-state index is 11.8. The zero-order chi connectivity index (χ0) is 13.7. The van der Waals surface area contributed by atoms with Crippen LogP contribution in [0.4, 0.5) is 5.69 Å². The van der Waals surface area contributed by atoms with Crippen molar-refractivity contribution in [2.45, 2.75) is 39.0 Å². The van der Waals surface area contributed by atoms with Crippen molar-refractivity contribution in [2.75, 3.05) is 12.3 Å². The van der Waals surface area contributed by atoms with E-state index in [4.69, 9.17) is 5.73 Å². The summed E-state index contributed by atoms with van der Waals surface area (Å²) in [7, 11) is 0. The number of carbonyl (C=O) groups excluding carboxylic acids is 1. The molecule has 1 heterocycles. The van der Waals surface area contributed by atoms with Crippen LogP contribution in [-0.4, -0.2) is 17.4 Å². The Morgan fingerprint density at radius 3 is 2.74 bits per heavy atom. The highest BCUT2D eigenvalue weighted by atomic mass is 16.1. The molecule has 0 radical (unpaired) electrons. The monoisotopic (exact) mass is 261 g/mol. The van der Waals surface area contributed by atoms with Gasteiger partial charge in [0.15, 0.2) is 0 Å². The Labute approximate surface area is 114 Å². The first kappa shape index (κ1) is 13.8. The highest BCUT2D eigenvalue weighted by Gasteiger charge is 2.18. The standard InChI is InChI=1S/C15H23N3O/c1-11-2-4-12(5-3-11)8-9-17-15(19)14-7-6-13(16)10-18-14/h6-7,10-12H,2-5,8-9,16H2,1H3,(H,17,19). The van der Waals surface area contributed by atoms with Crippen LogP contribution in [0.3, 0.4) is 0 Å². The second kappa shape index (κ2) is 6.55. The van der Waals surface area contributed by atoms with E-state index in [1.165, 1.54) is 31.9 Å². The van der Waals surface area contributed by atoms with Crippen LogP contribution in [0, 0.1) is 11.8 Å². The van der Waals surface area contributed by atoms with Crippen molar-refractivity contribution >= 4 is 11.6 Å². The number of nitrogens with two attached hydrogens (primary N) is 1. The minimum Gasteiger partial charge on any atom is -0.397 e. The molecule has 2 rings (SSSR count). The van der Waals surface area contributed by atoms with Crippen molar-refractivity contribution in [3.05, 3.63) is 24.0 Å². The smallest absolute Gasteiger partial charge is 0.269 e. The van der Waals surface area contributed by atoms with E-state index >= 15 is 0 Å². The van der Waals surface area contributed by atoms with Crippen molar-refractivity contribution in [1.29, 1.82) is 0 Å². The molecule has 1 fully saturated rings. The zero-order valence-corrected chi connectivity index (χ0v) is 11.6. The summed E-state index contributed by atoms with van der Waals surface area (Å²) in [5, 5.41) is 2.93. The number of carbonyl (C=O) groups is 1. The van der Waals surface area contributed by atoms with Crippen LogP contribution in [0.1, 0.15) is 49.5 Å². The van der Waals surface area contributed by atoms with Gasteiger partial charge in [0.05, 0.1) is 11.9 Å². The normalized spacial score (nSPS) is 23.0. The minimum atomic E-state index is -0.107. The second-order valence-corrected chi connectivity index (χ2v) is 5.65. The van der Waals surface area contributed by atoms with E-state index in [1.807, 2.05) is 0 Å². The number of nitrogens with zero attached hydrogens (tertiary/aromatic N) is 1. The molecule has 1 aliphatic carbocycles. The van der Waals surface area contributed by atoms with Gasteiger partial charge in [0.1, 0.15) is 5.69 Å². The fourth-order valence-corrected chi connectivity index (χ4v) is 2.64. The third-order valence-corrected chi connectivity index (χ3v) is 3.99. The Morgan fingerprint density at radius 2 is 2.11 bits per heavy atom. The summed E-state index contributed by atoms with van der Waals surface area (Å²) < 4.78 is 0. The number of nitrogens with one attached hydrogen (secondary N) is 1. The molecule has 0 saturated heterocycles. The Hall–Kier alpha value is -1.58. The Balaban J connectivity index is 1.70. The van der Waals surface area contributed by atoms with Gasteiger partial charge in [-0.1, -0.05) is 32.6 Å². The first-order valence-electron chi connectivity index (χ1n) is 7.15. The van der Waals surface area contributed by atoms with Crippen LogP contribution in [0.5, 0.6) is 0 Å². The Morgan fingerprint density at radius 1 is 1.37 bits per heavy atom. The maximum absolute atomic E-state index is 11.8. The second-order valence-electron chi connectivity index (χ2n) is 5.65. The minimum absolute atomic E-state index is 0.107. The van der Waals surface area contributed by atoms with Crippen LogP contribution in [-0.2, 0) is 0 Å². The van der Waals surface area contributed by atoms with Gasteiger partial charge in [0.25, 0.3) is 5.91 Å². The fraction of sp³-hybridized carbons (Fsp3) is 0.600. The molecular weight excluding hydrogens is 238 g/mol. The number of nitrogen functional groups attached to an aromatic ring is 1. The van der Waals surface area contributed by atoms with Gasteiger partial charge < -0.3 is 11.1 Å². The summed E-state index contributed by atoms with van der Waals surface area (Å²) in [5.41, 5.74) is 6.55. The molecule has 0 spiro atoms. The van der Waals surface area contributed by atoms with Crippen LogP contribution >= 0.6 is 0 Å². The van der Waals surface area contributed by atoms with Crippen molar-refractivity contribution in [2.24, 2.45) is 11.8 Å². The number of amides is 1.